The molecule has 0 aromatic heterocycles. The Balaban J connectivity index is 2.10. The van der Waals surface area contributed by atoms with Crippen molar-refractivity contribution in [3.05, 3.63) is 29.8 Å². The van der Waals surface area contributed by atoms with Crippen LogP contribution in [-0.2, 0) is 4.79 Å². The van der Waals surface area contributed by atoms with Crippen LogP contribution in [0.5, 0.6) is 5.75 Å². The zero-order valence-corrected chi connectivity index (χ0v) is 13.1. The number of carbonyl (C=O) groups is 1. The molecule has 21 heavy (non-hydrogen) atoms. The predicted molar refractivity (Wildman–Crippen MR) is 82.6 cm³/mol. The highest BCUT2D eigenvalue weighted by molar-refractivity contribution is 5.73. The SMILES string of the molecule is CC(C)Oc1ccc(C(C)N2CCCCC2C(=O)O)cc1. The lowest BCUT2D eigenvalue weighted by Gasteiger charge is -2.37. The molecule has 1 aliphatic rings. The molecular weight excluding hydrogens is 266 g/mol. The molecular formula is C17H25NO3. The molecule has 0 radical (unpaired) electrons. The second-order valence-corrected chi connectivity index (χ2v) is 6.00. The molecule has 0 saturated carbocycles. The summed E-state index contributed by atoms with van der Waals surface area (Å²) in [5, 5.41) is 9.39. The fourth-order valence-electron chi connectivity index (χ4n) is 2.97. The van der Waals surface area contributed by atoms with E-state index in [4.69, 9.17) is 4.74 Å². The summed E-state index contributed by atoms with van der Waals surface area (Å²) in [5.41, 5.74) is 1.14. The molecule has 1 saturated heterocycles. The van der Waals surface area contributed by atoms with Gasteiger partial charge in [-0.1, -0.05) is 18.6 Å². The summed E-state index contributed by atoms with van der Waals surface area (Å²) in [6.45, 7) is 6.94. The summed E-state index contributed by atoms with van der Waals surface area (Å²) in [6.07, 6.45) is 2.98. The number of carboxylic acids is 1. The van der Waals surface area contributed by atoms with Crippen LogP contribution >= 0.6 is 0 Å². The van der Waals surface area contributed by atoms with Gasteiger partial charge in [-0.3, -0.25) is 9.69 Å². The topological polar surface area (TPSA) is 49.8 Å². The fourth-order valence-corrected chi connectivity index (χ4v) is 2.97. The Morgan fingerprint density at radius 3 is 2.48 bits per heavy atom. The fraction of sp³-hybridized carbons (Fsp3) is 0.588. The summed E-state index contributed by atoms with van der Waals surface area (Å²) in [4.78, 5) is 13.5. The lowest BCUT2D eigenvalue weighted by molar-refractivity contribution is -0.145. The van der Waals surface area contributed by atoms with E-state index in [2.05, 4.69) is 11.8 Å². The average Bonchev–Trinajstić information content (AvgIpc) is 2.46. The highest BCUT2D eigenvalue weighted by Gasteiger charge is 2.32. The number of benzene rings is 1. The van der Waals surface area contributed by atoms with Crippen molar-refractivity contribution < 1.29 is 14.6 Å². The lowest BCUT2D eigenvalue weighted by atomic mass is 9.97. The normalized spacial score (nSPS) is 21.2. The van der Waals surface area contributed by atoms with Crippen LogP contribution < -0.4 is 4.74 Å². The first-order chi connectivity index (χ1) is 9.99. The van der Waals surface area contributed by atoms with Gasteiger partial charge in [0.25, 0.3) is 0 Å². The Kier molecular flexibility index (Phi) is 5.23. The number of hydrogen-bond acceptors (Lipinski definition) is 3. The van der Waals surface area contributed by atoms with E-state index in [1.807, 2.05) is 38.1 Å². The first-order valence-electron chi connectivity index (χ1n) is 7.74. The van der Waals surface area contributed by atoms with E-state index in [1.54, 1.807) is 0 Å². The van der Waals surface area contributed by atoms with Crippen LogP contribution in [0.15, 0.2) is 24.3 Å². The molecule has 1 aromatic rings. The third kappa shape index (κ3) is 3.97. The van der Waals surface area contributed by atoms with Crippen LogP contribution in [0.2, 0.25) is 0 Å². The Labute approximate surface area is 126 Å². The third-order valence-corrected chi connectivity index (χ3v) is 4.06. The van der Waals surface area contributed by atoms with Crippen LogP contribution in [0.3, 0.4) is 0 Å². The van der Waals surface area contributed by atoms with Crippen molar-refractivity contribution in [1.82, 2.24) is 4.90 Å². The van der Waals surface area contributed by atoms with Gasteiger partial charge in [-0.15, -0.1) is 0 Å². The second-order valence-electron chi connectivity index (χ2n) is 6.00. The van der Waals surface area contributed by atoms with Gasteiger partial charge < -0.3 is 9.84 Å². The van der Waals surface area contributed by atoms with Gasteiger partial charge in [-0.05, 0) is 57.9 Å². The number of piperidine rings is 1. The molecule has 0 aliphatic carbocycles. The monoisotopic (exact) mass is 291 g/mol. The van der Waals surface area contributed by atoms with Gasteiger partial charge in [0, 0.05) is 6.04 Å². The number of aliphatic carboxylic acids is 1. The van der Waals surface area contributed by atoms with E-state index >= 15 is 0 Å². The minimum atomic E-state index is -0.707. The van der Waals surface area contributed by atoms with Crippen LogP contribution in [0, 0.1) is 0 Å². The van der Waals surface area contributed by atoms with Crippen molar-refractivity contribution >= 4 is 5.97 Å². The molecule has 1 N–H and O–H groups in total. The molecule has 1 aromatic carbocycles. The maximum Gasteiger partial charge on any atom is 0.320 e. The Bertz CT molecular complexity index is 469. The molecule has 1 aliphatic heterocycles. The quantitative estimate of drug-likeness (QED) is 0.902. The average molecular weight is 291 g/mol. The Morgan fingerprint density at radius 1 is 1.24 bits per heavy atom. The van der Waals surface area contributed by atoms with Gasteiger partial charge in [-0.2, -0.15) is 0 Å². The van der Waals surface area contributed by atoms with Gasteiger partial charge in [0.1, 0.15) is 11.8 Å². The molecule has 0 spiro atoms. The summed E-state index contributed by atoms with van der Waals surface area (Å²) >= 11 is 0. The van der Waals surface area contributed by atoms with Crippen LogP contribution in [0.25, 0.3) is 0 Å². The van der Waals surface area contributed by atoms with E-state index < -0.39 is 5.97 Å². The van der Waals surface area contributed by atoms with E-state index in [9.17, 15) is 9.90 Å². The molecule has 0 amide bonds. The Hall–Kier alpha value is -1.55. The zero-order chi connectivity index (χ0) is 15.4. The van der Waals surface area contributed by atoms with E-state index in [0.29, 0.717) is 0 Å². The molecule has 1 heterocycles. The minimum Gasteiger partial charge on any atom is -0.491 e. The maximum absolute atomic E-state index is 11.4. The van der Waals surface area contributed by atoms with Gasteiger partial charge in [-0.25, -0.2) is 0 Å². The summed E-state index contributed by atoms with van der Waals surface area (Å²) in [7, 11) is 0. The number of ether oxygens (including phenoxy) is 1. The molecule has 2 rings (SSSR count). The summed E-state index contributed by atoms with van der Waals surface area (Å²) < 4.78 is 5.65. The van der Waals surface area contributed by atoms with E-state index in [-0.39, 0.29) is 18.2 Å². The zero-order valence-electron chi connectivity index (χ0n) is 13.1. The molecule has 116 valence electrons. The second kappa shape index (κ2) is 6.94. The molecule has 4 nitrogen and oxygen atoms in total. The number of carboxylic acid groups (broad SMARTS) is 1. The lowest BCUT2D eigenvalue weighted by Crippen LogP contribution is -2.45. The predicted octanol–water partition coefficient (Wildman–Crippen LogP) is 3.47. The Morgan fingerprint density at radius 2 is 1.90 bits per heavy atom. The third-order valence-electron chi connectivity index (χ3n) is 4.06. The van der Waals surface area contributed by atoms with Crippen molar-refractivity contribution in [2.75, 3.05) is 6.54 Å². The maximum atomic E-state index is 11.4. The van der Waals surface area contributed by atoms with Gasteiger partial charge in [0.15, 0.2) is 0 Å². The first kappa shape index (κ1) is 15.8. The van der Waals surface area contributed by atoms with Crippen LogP contribution in [0.1, 0.15) is 51.6 Å². The summed E-state index contributed by atoms with van der Waals surface area (Å²) in [6, 6.07) is 7.75. The number of rotatable bonds is 5. The minimum absolute atomic E-state index is 0.111. The largest absolute Gasteiger partial charge is 0.491 e. The first-order valence-corrected chi connectivity index (χ1v) is 7.74. The van der Waals surface area contributed by atoms with Crippen molar-refractivity contribution in [3.8, 4) is 5.75 Å². The van der Waals surface area contributed by atoms with Crippen LogP contribution in [0.4, 0.5) is 0 Å². The van der Waals surface area contributed by atoms with Gasteiger partial charge in [0.05, 0.1) is 6.10 Å². The number of hydrogen-bond donors (Lipinski definition) is 1. The van der Waals surface area contributed by atoms with Crippen molar-refractivity contribution in [3.63, 3.8) is 0 Å². The molecule has 2 atom stereocenters. The molecule has 2 unspecified atom stereocenters. The molecule has 4 heteroatoms. The van der Waals surface area contributed by atoms with Gasteiger partial charge in [0.2, 0.25) is 0 Å². The number of likely N-dealkylation sites (tertiary alicyclic amines) is 1. The summed E-state index contributed by atoms with van der Waals surface area (Å²) in [5.74, 6) is 0.149. The molecule has 1 fully saturated rings. The van der Waals surface area contributed by atoms with E-state index in [1.165, 1.54) is 0 Å². The van der Waals surface area contributed by atoms with Crippen molar-refractivity contribution in [2.24, 2.45) is 0 Å². The number of nitrogens with zero attached hydrogens (tertiary/aromatic N) is 1. The smallest absolute Gasteiger partial charge is 0.320 e. The van der Waals surface area contributed by atoms with E-state index in [0.717, 1.165) is 37.1 Å². The highest BCUT2D eigenvalue weighted by Crippen LogP contribution is 2.29. The van der Waals surface area contributed by atoms with Gasteiger partial charge >= 0.3 is 5.97 Å². The van der Waals surface area contributed by atoms with Crippen molar-refractivity contribution in [1.29, 1.82) is 0 Å². The highest BCUT2D eigenvalue weighted by atomic mass is 16.5. The standard InChI is InChI=1S/C17H25NO3/c1-12(2)21-15-9-7-14(8-10-15)13(3)18-11-5-4-6-16(18)17(19)20/h7-10,12-13,16H,4-6,11H2,1-3H3,(H,19,20). The van der Waals surface area contributed by atoms with Crippen LogP contribution in [-0.4, -0.2) is 34.7 Å². The molecule has 0 bridgehead atoms. The van der Waals surface area contributed by atoms with Crippen molar-refractivity contribution in [2.45, 2.75) is 58.2 Å².